The quantitative estimate of drug-likeness (QED) is 0.404. The lowest BCUT2D eigenvalue weighted by Crippen LogP contribution is -2.40. The number of hydrogen-bond acceptors (Lipinski definition) is 7. The highest BCUT2D eigenvalue weighted by molar-refractivity contribution is 7.89. The highest BCUT2D eigenvalue weighted by Crippen LogP contribution is 2.28. The average molecular weight is 446 g/mol. The summed E-state index contributed by atoms with van der Waals surface area (Å²) in [7, 11) is -3.64. The first kappa shape index (κ1) is 21.2. The zero-order valence-electron chi connectivity index (χ0n) is 16.9. The number of imidazole rings is 1. The van der Waals surface area contributed by atoms with E-state index in [-0.39, 0.29) is 22.9 Å². The summed E-state index contributed by atoms with van der Waals surface area (Å²) in [5.74, 6) is 0.703. The van der Waals surface area contributed by atoms with Crippen molar-refractivity contribution in [1.82, 2.24) is 13.9 Å². The van der Waals surface area contributed by atoms with Crippen molar-refractivity contribution in [1.29, 1.82) is 0 Å². The van der Waals surface area contributed by atoms with Crippen molar-refractivity contribution in [2.75, 3.05) is 26.3 Å². The van der Waals surface area contributed by atoms with Gasteiger partial charge in [0.2, 0.25) is 10.0 Å². The minimum absolute atomic E-state index is 0.0128. The van der Waals surface area contributed by atoms with Gasteiger partial charge in [-0.2, -0.15) is 4.31 Å². The molecule has 0 spiro atoms. The Labute approximate surface area is 179 Å². The van der Waals surface area contributed by atoms with E-state index in [9.17, 15) is 18.5 Å². The molecular formula is C20H22N4O6S. The zero-order valence-corrected chi connectivity index (χ0v) is 17.7. The van der Waals surface area contributed by atoms with Crippen LogP contribution in [0.2, 0.25) is 0 Å². The number of nitrogens with zero attached hydrogens (tertiary/aromatic N) is 4. The predicted octanol–water partition coefficient (Wildman–Crippen LogP) is 2.56. The molecule has 0 bridgehead atoms. The molecule has 0 N–H and O–H groups in total. The Morgan fingerprint density at radius 2 is 1.94 bits per heavy atom. The monoisotopic (exact) mass is 446 g/mol. The highest BCUT2D eigenvalue weighted by atomic mass is 32.2. The maximum absolute atomic E-state index is 13.0. The Balaban J connectivity index is 1.64. The summed E-state index contributed by atoms with van der Waals surface area (Å²) in [6.45, 7) is 3.92. The second-order valence-electron chi connectivity index (χ2n) is 6.95. The van der Waals surface area contributed by atoms with Crippen LogP contribution in [-0.2, 0) is 27.9 Å². The largest absolute Gasteiger partial charge is 0.479 e. The van der Waals surface area contributed by atoms with Crippen LogP contribution >= 0.6 is 0 Å². The van der Waals surface area contributed by atoms with E-state index in [0.717, 1.165) is 5.52 Å². The lowest BCUT2D eigenvalue weighted by Gasteiger charge is -2.26. The van der Waals surface area contributed by atoms with Gasteiger partial charge in [0.15, 0.2) is 5.75 Å². The molecule has 1 fully saturated rings. The fourth-order valence-corrected chi connectivity index (χ4v) is 5.02. The number of aryl methyl sites for hydroxylation is 1. The zero-order chi connectivity index (χ0) is 22.0. The van der Waals surface area contributed by atoms with E-state index in [4.69, 9.17) is 9.47 Å². The lowest BCUT2D eigenvalue weighted by atomic mass is 10.3. The molecular weight excluding hydrogens is 424 g/mol. The first-order valence-corrected chi connectivity index (χ1v) is 11.3. The molecule has 0 atom stereocenters. The number of fused-ring (bicyclic) bond motifs is 1. The first-order valence-electron chi connectivity index (χ1n) is 9.85. The minimum Gasteiger partial charge on any atom is -0.479 e. The normalized spacial score (nSPS) is 15.3. The number of sulfonamides is 1. The third-order valence-corrected chi connectivity index (χ3v) is 7.04. The molecule has 0 unspecified atom stereocenters. The van der Waals surface area contributed by atoms with Crippen molar-refractivity contribution in [3.8, 4) is 5.75 Å². The number of nitro benzene ring substituents is 1. The molecule has 1 aliphatic heterocycles. The van der Waals surface area contributed by atoms with Crippen LogP contribution in [0.1, 0.15) is 12.7 Å². The molecule has 0 amide bonds. The van der Waals surface area contributed by atoms with E-state index < -0.39 is 14.9 Å². The van der Waals surface area contributed by atoms with Gasteiger partial charge in [-0.15, -0.1) is 0 Å². The number of hydrogen-bond donors (Lipinski definition) is 0. The van der Waals surface area contributed by atoms with Crippen LogP contribution in [0, 0.1) is 10.1 Å². The molecule has 0 saturated carbocycles. The summed E-state index contributed by atoms with van der Waals surface area (Å²) in [5.41, 5.74) is 1.17. The van der Waals surface area contributed by atoms with E-state index in [1.165, 1.54) is 16.4 Å². The number of rotatable bonds is 7. The molecule has 3 aromatic rings. The summed E-state index contributed by atoms with van der Waals surface area (Å²) in [5, 5.41) is 11.2. The maximum atomic E-state index is 13.0. The molecule has 1 aliphatic rings. The molecule has 164 valence electrons. The minimum atomic E-state index is -3.64. The fourth-order valence-electron chi connectivity index (χ4n) is 3.59. The number of morpholine rings is 1. The van der Waals surface area contributed by atoms with Gasteiger partial charge < -0.3 is 14.0 Å². The summed E-state index contributed by atoms with van der Waals surface area (Å²) in [4.78, 5) is 15.4. The van der Waals surface area contributed by atoms with Crippen LogP contribution in [0.15, 0.2) is 47.4 Å². The fraction of sp³-hybridized carbons (Fsp3) is 0.350. The van der Waals surface area contributed by atoms with Gasteiger partial charge in [0.1, 0.15) is 12.4 Å². The van der Waals surface area contributed by atoms with Crippen LogP contribution in [0.25, 0.3) is 11.0 Å². The van der Waals surface area contributed by atoms with Crippen molar-refractivity contribution in [2.24, 2.45) is 0 Å². The number of ether oxygens (including phenoxy) is 2. The van der Waals surface area contributed by atoms with Crippen molar-refractivity contribution < 1.29 is 22.8 Å². The first-order chi connectivity index (χ1) is 14.9. The topological polar surface area (TPSA) is 117 Å². The van der Waals surface area contributed by atoms with Gasteiger partial charge in [0.05, 0.1) is 34.1 Å². The van der Waals surface area contributed by atoms with Crippen molar-refractivity contribution >= 4 is 26.7 Å². The molecule has 0 aliphatic carbocycles. The van der Waals surface area contributed by atoms with E-state index in [0.29, 0.717) is 44.2 Å². The van der Waals surface area contributed by atoms with Crippen LogP contribution in [-0.4, -0.2) is 53.5 Å². The van der Waals surface area contributed by atoms with Crippen molar-refractivity contribution in [2.45, 2.75) is 25.0 Å². The van der Waals surface area contributed by atoms with Gasteiger partial charge in [0.25, 0.3) is 0 Å². The van der Waals surface area contributed by atoms with Crippen molar-refractivity contribution in [3.05, 3.63) is 58.4 Å². The lowest BCUT2D eigenvalue weighted by molar-refractivity contribution is -0.386. The Bertz CT molecular complexity index is 1220. The second kappa shape index (κ2) is 8.61. The Hall–Kier alpha value is -3.02. The third kappa shape index (κ3) is 4.11. The average Bonchev–Trinajstić information content (AvgIpc) is 3.15. The summed E-state index contributed by atoms with van der Waals surface area (Å²) in [6.07, 6.45) is 0. The van der Waals surface area contributed by atoms with Gasteiger partial charge in [0, 0.05) is 25.7 Å². The van der Waals surface area contributed by atoms with E-state index >= 15 is 0 Å². The maximum Gasteiger partial charge on any atom is 0.310 e. The Kier molecular flexibility index (Phi) is 5.90. The number of para-hydroxylation sites is 2. The molecule has 1 saturated heterocycles. The number of aromatic nitrogens is 2. The molecule has 1 aromatic heterocycles. The molecule has 31 heavy (non-hydrogen) atoms. The van der Waals surface area contributed by atoms with Crippen LogP contribution < -0.4 is 4.74 Å². The molecule has 11 heteroatoms. The predicted molar refractivity (Wildman–Crippen MR) is 112 cm³/mol. The summed E-state index contributed by atoms with van der Waals surface area (Å²) >= 11 is 0. The van der Waals surface area contributed by atoms with E-state index in [2.05, 4.69) is 4.98 Å². The molecule has 10 nitrogen and oxygen atoms in total. The van der Waals surface area contributed by atoms with Crippen LogP contribution in [0.5, 0.6) is 5.75 Å². The standard InChI is InChI=1S/C20H22N4O6S/c1-2-23-17-8-7-15(31(27,28)22-9-11-29-12-10-22)13-16(17)21-20(23)14-30-19-6-4-3-5-18(19)24(25)26/h3-8,13H,2,9-12,14H2,1H3. The van der Waals surface area contributed by atoms with Gasteiger partial charge in [-0.25, -0.2) is 13.4 Å². The third-order valence-electron chi connectivity index (χ3n) is 5.14. The van der Waals surface area contributed by atoms with Gasteiger partial charge in [-0.3, -0.25) is 10.1 Å². The molecule has 2 aromatic carbocycles. The van der Waals surface area contributed by atoms with Crippen LogP contribution in [0.4, 0.5) is 5.69 Å². The SMILES string of the molecule is CCn1c(COc2ccccc2[N+](=O)[O-])nc2cc(S(=O)(=O)N3CCOCC3)ccc21. The Morgan fingerprint density at radius 1 is 1.19 bits per heavy atom. The summed E-state index contributed by atoms with van der Waals surface area (Å²) in [6, 6.07) is 11.0. The summed E-state index contributed by atoms with van der Waals surface area (Å²) < 4.78 is 40.1. The number of benzene rings is 2. The smallest absolute Gasteiger partial charge is 0.310 e. The number of nitro groups is 1. The van der Waals surface area contributed by atoms with Gasteiger partial charge in [-0.05, 0) is 31.2 Å². The van der Waals surface area contributed by atoms with Gasteiger partial charge >= 0.3 is 5.69 Å². The Morgan fingerprint density at radius 3 is 2.65 bits per heavy atom. The van der Waals surface area contributed by atoms with Crippen LogP contribution in [0.3, 0.4) is 0 Å². The van der Waals surface area contributed by atoms with E-state index in [1.54, 1.807) is 30.3 Å². The highest BCUT2D eigenvalue weighted by Gasteiger charge is 2.27. The second-order valence-corrected chi connectivity index (χ2v) is 8.89. The van der Waals surface area contributed by atoms with E-state index in [1.807, 2.05) is 11.5 Å². The molecule has 0 radical (unpaired) electrons. The van der Waals surface area contributed by atoms with Gasteiger partial charge in [-0.1, -0.05) is 12.1 Å². The van der Waals surface area contributed by atoms with Crippen molar-refractivity contribution in [3.63, 3.8) is 0 Å². The molecule has 4 rings (SSSR count). The molecule has 2 heterocycles.